The van der Waals surface area contributed by atoms with Crippen LogP contribution >= 0.6 is 0 Å². The monoisotopic (exact) mass is 202 g/mol. The fourth-order valence-corrected chi connectivity index (χ4v) is 2.32. The molecule has 2 aliphatic rings. The number of hydrogen-bond acceptors (Lipinski definition) is 1. The normalized spacial score (nSPS) is 22.7. The van der Waals surface area contributed by atoms with Gasteiger partial charge in [0.2, 0.25) is 0 Å². The zero-order valence-electron chi connectivity index (χ0n) is 9.08. The molecule has 0 saturated heterocycles. The average molecular weight is 202 g/mol. The smallest absolute Gasteiger partial charge is 0.0490 e. The van der Waals surface area contributed by atoms with E-state index in [1.165, 1.54) is 36.8 Å². The molecule has 1 nitrogen and oxygen atoms in total. The van der Waals surface area contributed by atoms with Crippen molar-refractivity contribution in [3.63, 3.8) is 0 Å². The van der Waals surface area contributed by atoms with Crippen molar-refractivity contribution in [2.45, 2.75) is 38.0 Å². The molecule has 80 valence electrons. The molecule has 1 aromatic rings. The molecule has 1 aromatic carbocycles. The standard InChI is InChI=1S/C14H18O/c15-10-14(7-8-14)9-11-1-3-12(4-2-11)13-5-6-13/h1-4,13,15H,5-10H2. The first-order valence-corrected chi connectivity index (χ1v) is 6.01. The highest BCUT2D eigenvalue weighted by Crippen LogP contribution is 2.48. The Bertz CT molecular complexity index is 344. The molecule has 0 heterocycles. The van der Waals surface area contributed by atoms with Crippen LogP contribution in [0.15, 0.2) is 24.3 Å². The summed E-state index contributed by atoms with van der Waals surface area (Å²) in [6.45, 7) is 0.359. The van der Waals surface area contributed by atoms with E-state index in [0.29, 0.717) is 6.61 Å². The Morgan fingerprint density at radius 1 is 1.13 bits per heavy atom. The lowest BCUT2D eigenvalue weighted by molar-refractivity contribution is 0.211. The zero-order chi connectivity index (χ0) is 10.3. The second-order valence-corrected chi connectivity index (χ2v) is 5.35. The minimum Gasteiger partial charge on any atom is -0.396 e. The summed E-state index contributed by atoms with van der Waals surface area (Å²) in [5.74, 6) is 0.853. The van der Waals surface area contributed by atoms with Crippen LogP contribution in [0.3, 0.4) is 0 Å². The van der Waals surface area contributed by atoms with E-state index in [1.54, 1.807) is 0 Å². The summed E-state index contributed by atoms with van der Waals surface area (Å²) in [5, 5.41) is 9.27. The maximum atomic E-state index is 9.27. The van der Waals surface area contributed by atoms with Crippen LogP contribution in [0.25, 0.3) is 0 Å². The minimum absolute atomic E-state index is 0.251. The van der Waals surface area contributed by atoms with Gasteiger partial charge < -0.3 is 5.11 Å². The average Bonchev–Trinajstić information content (AvgIpc) is 3.14. The molecule has 1 N–H and O–H groups in total. The van der Waals surface area contributed by atoms with Gasteiger partial charge in [-0.3, -0.25) is 0 Å². The van der Waals surface area contributed by atoms with Crippen LogP contribution in [-0.2, 0) is 6.42 Å². The van der Waals surface area contributed by atoms with Crippen LogP contribution < -0.4 is 0 Å². The largest absolute Gasteiger partial charge is 0.396 e. The molecule has 3 rings (SSSR count). The zero-order valence-corrected chi connectivity index (χ0v) is 9.08. The molecule has 2 fully saturated rings. The summed E-state index contributed by atoms with van der Waals surface area (Å²) in [6, 6.07) is 9.06. The second-order valence-electron chi connectivity index (χ2n) is 5.35. The van der Waals surface area contributed by atoms with Gasteiger partial charge in [-0.2, -0.15) is 0 Å². The van der Waals surface area contributed by atoms with Crippen molar-refractivity contribution in [2.24, 2.45) is 5.41 Å². The molecular formula is C14H18O. The van der Waals surface area contributed by atoms with E-state index >= 15 is 0 Å². The van der Waals surface area contributed by atoms with Gasteiger partial charge in [-0.25, -0.2) is 0 Å². The molecule has 0 aliphatic heterocycles. The highest BCUT2D eigenvalue weighted by atomic mass is 16.3. The van der Waals surface area contributed by atoms with E-state index in [9.17, 15) is 5.11 Å². The van der Waals surface area contributed by atoms with E-state index in [4.69, 9.17) is 0 Å². The number of aliphatic hydroxyl groups excluding tert-OH is 1. The summed E-state index contributed by atoms with van der Waals surface area (Å²) in [6.07, 6.45) is 6.22. The number of aliphatic hydroxyl groups is 1. The molecule has 15 heavy (non-hydrogen) atoms. The fourth-order valence-electron chi connectivity index (χ4n) is 2.32. The van der Waals surface area contributed by atoms with Crippen LogP contribution in [0.4, 0.5) is 0 Å². The Hall–Kier alpha value is -0.820. The van der Waals surface area contributed by atoms with Gasteiger partial charge in [-0.1, -0.05) is 24.3 Å². The quantitative estimate of drug-likeness (QED) is 0.796. The number of benzene rings is 1. The van der Waals surface area contributed by atoms with E-state index in [1.807, 2.05) is 0 Å². The SMILES string of the molecule is OCC1(Cc2ccc(C3CC3)cc2)CC1. The van der Waals surface area contributed by atoms with Crippen LogP contribution in [0.2, 0.25) is 0 Å². The van der Waals surface area contributed by atoms with Crippen molar-refractivity contribution in [1.29, 1.82) is 0 Å². The van der Waals surface area contributed by atoms with Gasteiger partial charge in [0, 0.05) is 6.61 Å². The van der Waals surface area contributed by atoms with Crippen molar-refractivity contribution >= 4 is 0 Å². The first-order chi connectivity index (χ1) is 7.31. The summed E-state index contributed by atoms with van der Waals surface area (Å²) < 4.78 is 0. The fraction of sp³-hybridized carbons (Fsp3) is 0.571. The molecule has 0 atom stereocenters. The summed E-state index contributed by atoms with van der Waals surface area (Å²) in [7, 11) is 0. The third-order valence-electron chi connectivity index (χ3n) is 3.90. The van der Waals surface area contributed by atoms with Gasteiger partial charge in [0.1, 0.15) is 0 Å². The van der Waals surface area contributed by atoms with Gasteiger partial charge in [0.25, 0.3) is 0 Å². The Kier molecular flexibility index (Phi) is 2.10. The Morgan fingerprint density at radius 2 is 1.80 bits per heavy atom. The lowest BCUT2D eigenvalue weighted by Gasteiger charge is -2.11. The molecular weight excluding hydrogens is 184 g/mol. The minimum atomic E-state index is 0.251. The molecule has 2 aliphatic carbocycles. The first kappa shape index (κ1) is 9.41. The van der Waals surface area contributed by atoms with Gasteiger partial charge in [0.15, 0.2) is 0 Å². The predicted molar refractivity (Wildman–Crippen MR) is 60.9 cm³/mol. The molecule has 0 bridgehead atoms. The molecule has 0 amide bonds. The lowest BCUT2D eigenvalue weighted by atomic mass is 9.96. The van der Waals surface area contributed by atoms with Crippen molar-refractivity contribution in [1.82, 2.24) is 0 Å². The molecule has 2 saturated carbocycles. The Morgan fingerprint density at radius 3 is 2.27 bits per heavy atom. The lowest BCUT2D eigenvalue weighted by Crippen LogP contribution is -2.09. The van der Waals surface area contributed by atoms with E-state index in [-0.39, 0.29) is 5.41 Å². The Labute approximate surface area is 91.1 Å². The third-order valence-corrected chi connectivity index (χ3v) is 3.90. The summed E-state index contributed by atoms with van der Waals surface area (Å²) >= 11 is 0. The molecule has 0 radical (unpaired) electrons. The molecule has 1 heteroatoms. The maximum Gasteiger partial charge on any atom is 0.0490 e. The topological polar surface area (TPSA) is 20.2 Å². The highest BCUT2D eigenvalue weighted by Gasteiger charge is 2.41. The summed E-state index contributed by atoms with van der Waals surface area (Å²) in [5.41, 5.74) is 3.15. The van der Waals surface area contributed by atoms with Gasteiger partial charge in [-0.15, -0.1) is 0 Å². The van der Waals surface area contributed by atoms with E-state index in [0.717, 1.165) is 12.3 Å². The van der Waals surface area contributed by atoms with Crippen LogP contribution in [0.1, 0.15) is 42.7 Å². The van der Waals surface area contributed by atoms with Crippen LogP contribution in [0, 0.1) is 5.41 Å². The van der Waals surface area contributed by atoms with Gasteiger partial charge in [0.05, 0.1) is 0 Å². The van der Waals surface area contributed by atoms with Crippen molar-refractivity contribution < 1.29 is 5.11 Å². The summed E-state index contributed by atoms with van der Waals surface area (Å²) in [4.78, 5) is 0. The molecule has 0 spiro atoms. The van der Waals surface area contributed by atoms with Gasteiger partial charge >= 0.3 is 0 Å². The number of rotatable bonds is 4. The van der Waals surface area contributed by atoms with Crippen molar-refractivity contribution in [2.75, 3.05) is 6.61 Å². The van der Waals surface area contributed by atoms with E-state index < -0.39 is 0 Å². The highest BCUT2D eigenvalue weighted by molar-refractivity contribution is 5.29. The predicted octanol–water partition coefficient (Wildman–Crippen LogP) is 2.88. The van der Waals surface area contributed by atoms with Crippen molar-refractivity contribution in [3.05, 3.63) is 35.4 Å². The molecule has 0 unspecified atom stereocenters. The number of hydrogen-bond donors (Lipinski definition) is 1. The van der Waals surface area contributed by atoms with Crippen LogP contribution in [-0.4, -0.2) is 11.7 Å². The van der Waals surface area contributed by atoms with Gasteiger partial charge in [-0.05, 0) is 54.6 Å². The Balaban J connectivity index is 1.70. The van der Waals surface area contributed by atoms with E-state index in [2.05, 4.69) is 24.3 Å². The van der Waals surface area contributed by atoms with Crippen molar-refractivity contribution in [3.8, 4) is 0 Å². The maximum absolute atomic E-state index is 9.27. The second kappa shape index (κ2) is 3.34. The first-order valence-electron chi connectivity index (χ1n) is 6.01. The molecule has 0 aromatic heterocycles. The third kappa shape index (κ3) is 1.93. The van der Waals surface area contributed by atoms with Crippen LogP contribution in [0.5, 0.6) is 0 Å².